The third-order valence-electron chi connectivity index (χ3n) is 13.4. The largest absolute Gasteiger partial charge is 0.461 e. The SMILES string of the molecule is C[C@]12C[C@H](O)[C@@]3(F)[C@@H](C[C@H](F)C4=CC(=O)C=C[C@@]43C)[C@@H]1CC[C@@H]2C(=O)COC(=O)CCC(=O)OCc1ccc(C(CCN)C(=O)Nc2ccc3cnccc3c2)cc1. The lowest BCUT2D eigenvalue weighted by Crippen LogP contribution is -2.68. The van der Waals surface area contributed by atoms with Gasteiger partial charge in [-0.05, 0) is 109 Å². The van der Waals surface area contributed by atoms with E-state index in [9.17, 15) is 29.1 Å². The summed E-state index contributed by atoms with van der Waals surface area (Å²) in [6.45, 7) is 3.05. The summed E-state index contributed by atoms with van der Waals surface area (Å²) in [5.74, 6) is -4.84. The lowest BCUT2D eigenvalue weighted by atomic mass is 9.45. The van der Waals surface area contributed by atoms with Crippen molar-refractivity contribution < 1.29 is 47.3 Å². The number of nitrogens with one attached hydrogen (secondary N) is 1. The number of nitrogens with two attached hydrogens (primary N) is 1. The van der Waals surface area contributed by atoms with Crippen LogP contribution in [0.25, 0.3) is 10.8 Å². The number of pyridine rings is 1. The van der Waals surface area contributed by atoms with Crippen LogP contribution in [0, 0.1) is 28.6 Å². The molecule has 0 bridgehead atoms. The van der Waals surface area contributed by atoms with Gasteiger partial charge in [0.2, 0.25) is 5.91 Å². The number of amides is 1. The van der Waals surface area contributed by atoms with Crippen LogP contribution in [0.4, 0.5) is 14.5 Å². The summed E-state index contributed by atoms with van der Waals surface area (Å²) in [5, 5.41) is 16.3. The first-order valence-corrected chi connectivity index (χ1v) is 19.9. The maximum Gasteiger partial charge on any atom is 0.306 e. The molecule has 4 aliphatic rings. The molecule has 2 aromatic carbocycles. The molecule has 1 aromatic heterocycles. The van der Waals surface area contributed by atoms with Gasteiger partial charge in [-0.2, -0.15) is 0 Å². The summed E-state index contributed by atoms with van der Waals surface area (Å²) in [4.78, 5) is 68.1. The number of ketones is 2. The molecule has 1 amide bonds. The number of carbonyl (C=O) groups excluding carboxylic acids is 5. The molecule has 4 N–H and O–H groups in total. The predicted molar refractivity (Wildman–Crippen MR) is 210 cm³/mol. The van der Waals surface area contributed by atoms with E-state index in [1.165, 1.54) is 19.1 Å². The molecule has 7 rings (SSSR count). The summed E-state index contributed by atoms with van der Waals surface area (Å²) >= 11 is 0. The van der Waals surface area contributed by atoms with E-state index in [0.717, 1.165) is 22.4 Å². The number of hydrogen-bond donors (Lipinski definition) is 3. The van der Waals surface area contributed by atoms with Gasteiger partial charge in [0.05, 0.1) is 24.9 Å². The zero-order valence-corrected chi connectivity index (χ0v) is 32.6. The van der Waals surface area contributed by atoms with Gasteiger partial charge in [-0.25, -0.2) is 8.78 Å². The van der Waals surface area contributed by atoms with E-state index in [-0.39, 0.29) is 49.6 Å². The number of esters is 2. The first-order valence-electron chi connectivity index (χ1n) is 19.9. The number of nitrogens with zero attached hydrogens (tertiary/aromatic N) is 1. The van der Waals surface area contributed by atoms with E-state index in [4.69, 9.17) is 15.2 Å². The van der Waals surface area contributed by atoms with Gasteiger partial charge >= 0.3 is 11.9 Å². The third kappa shape index (κ3) is 7.50. The Kier molecular flexibility index (Phi) is 11.5. The number of hydrogen-bond acceptors (Lipinski definition) is 10. The molecular weight excluding hydrogens is 749 g/mol. The Morgan fingerprint density at radius 1 is 1.00 bits per heavy atom. The molecule has 58 heavy (non-hydrogen) atoms. The molecule has 9 atom stereocenters. The van der Waals surface area contributed by atoms with Crippen LogP contribution in [0.5, 0.6) is 0 Å². The van der Waals surface area contributed by atoms with Gasteiger partial charge in [-0.1, -0.05) is 43.3 Å². The Morgan fingerprint density at radius 3 is 2.48 bits per heavy atom. The number of fused-ring (bicyclic) bond motifs is 6. The van der Waals surface area contributed by atoms with Crippen molar-refractivity contribution in [3.63, 3.8) is 0 Å². The fourth-order valence-corrected chi connectivity index (χ4v) is 10.3. The zero-order valence-electron chi connectivity index (χ0n) is 32.6. The number of rotatable bonds is 13. The first kappa shape index (κ1) is 41.0. The molecule has 1 unspecified atom stereocenters. The lowest BCUT2D eigenvalue weighted by molar-refractivity contribution is -0.202. The number of anilines is 1. The van der Waals surface area contributed by atoms with Crippen molar-refractivity contribution in [2.24, 2.45) is 34.3 Å². The van der Waals surface area contributed by atoms with E-state index in [1.54, 1.807) is 36.7 Å². The zero-order chi connectivity index (χ0) is 41.4. The van der Waals surface area contributed by atoms with Crippen LogP contribution >= 0.6 is 0 Å². The second-order valence-electron chi connectivity index (χ2n) is 16.7. The average molecular weight is 798 g/mol. The van der Waals surface area contributed by atoms with Crippen molar-refractivity contribution in [3.8, 4) is 0 Å². The van der Waals surface area contributed by atoms with Crippen LogP contribution in [0.2, 0.25) is 0 Å². The molecule has 11 nitrogen and oxygen atoms in total. The maximum atomic E-state index is 17.3. The van der Waals surface area contributed by atoms with Crippen molar-refractivity contribution in [1.82, 2.24) is 4.98 Å². The number of aromatic nitrogens is 1. The van der Waals surface area contributed by atoms with Crippen LogP contribution < -0.4 is 11.1 Å². The van der Waals surface area contributed by atoms with Crippen LogP contribution in [-0.4, -0.2) is 70.6 Å². The molecule has 3 aromatic rings. The van der Waals surface area contributed by atoms with E-state index >= 15 is 8.78 Å². The molecule has 0 radical (unpaired) electrons. The van der Waals surface area contributed by atoms with Gasteiger partial charge < -0.3 is 25.6 Å². The fraction of sp³-hybridized carbons (Fsp3) is 0.467. The number of Topliss-reactive ketones (excluding diaryl/α,β-unsaturated/α-hetero) is 1. The number of ether oxygens (including phenoxy) is 2. The number of halogens is 2. The molecule has 0 spiro atoms. The van der Waals surface area contributed by atoms with Crippen molar-refractivity contribution in [2.45, 2.75) is 89.3 Å². The first-order chi connectivity index (χ1) is 27.7. The van der Waals surface area contributed by atoms with Crippen molar-refractivity contribution in [1.29, 1.82) is 0 Å². The molecule has 0 aliphatic heterocycles. The second kappa shape index (κ2) is 16.2. The topological polar surface area (TPSA) is 175 Å². The number of alkyl halides is 2. The number of carbonyl (C=O) groups is 5. The molecular formula is C45H49F2N3O8. The number of benzene rings is 2. The van der Waals surface area contributed by atoms with E-state index < -0.39 is 76.8 Å². The van der Waals surface area contributed by atoms with Gasteiger partial charge in [0.25, 0.3) is 0 Å². The Bertz CT molecular complexity index is 2180. The minimum absolute atomic E-state index is 0.0424. The quantitative estimate of drug-likeness (QED) is 0.170. The van der Waals surface area contributed by atoms with E-state index in [1.807, 2.05) is 31.2 Å². The Morgan fingerprint density at radius 2 is 1.74 bits per heavy atom. The molecule has 3 saturated carbocycles. The van der Waals surface area contributed by atoms with Crippen LogP contribution in [0.3, 0.4) is 0 Å². The van der Waals surface area contributed by atoms with Gasteiger partial charge in [-0.3, -0.25) is 29.0 Å². The molecule has 4 aliphatic carbocycles. The van der Waals surface area contributed by atoms with Gasteiger partial charge in [0, 0.05) is 40.7 Å². The molecule has 0 saturated heterocycles. The van der Waals surface area contributed by atoms with Crippen LogP contribution in [0.15, 0.2) is 84.7 Å². The normalized spacial score (nSPS) is 30.3. The highest BCUT2D eigenvalue weighted by Gasteiger charge is 2.72. The fourth-order valence-electron chi connectivity index (χ4n) is 10.3. The highest BCUT2D eigenvalue weighted by molar-refractivity contribution is 6.01. The number of aliphatic hydroxyl groups is 1. The molecule has 3 fully saturated rings. The van der Waals surface area contributed by atoms with Crippen LogP contribution in [-0.2, 0) is 40.1 Å². The van der Waals surface area contributed by atoms with Crippen molar-refractivity contribution in [2.75, 3.05) is 18.5 Å². The minimum atomic E-state index is -2.23. The standard InChI is InChI=1S/C45H49F2N3O8/c1-43-22-39(53)45(47)35(21-37(46)36-20-31(51)13-16-44(36,45)2)33(43)9-10-34(43)38(52)25-58-41(55)12-11-40(54)57-24-26-3-5-27(6-4-26)32(14-17-48)42(56)50-30-8-7-29-23-49-18-15-28(29)19-30/h3-8,13,15-16,18-20,23,32-35,37,39,53H,9-12,14,17,21-22,24-25,48H2,1-2H3,(H,50,56)/t32?,33-,34+,35-,37-,39-,43-,44-,45-/m0/s1. The van der Waals surface area contributed by atoms with Gasteiger partial charge in [0.1, 0.15) is 19.4 Å². The van der Waals surface area contributed by atoms with E-state index in [2.05, 4.69) is 10.3 Å². The maximum absolute atomic E-state index is 17.3. The number of aliphatic hydroxyl groups excluding tert-OH is 1. The second-order valence-corrected chi connectivity index (χ2v) is 16.7. The van der Waals surface area contributed by atoms with Crippen LogP contribution in [0.1, 0.15) is 75.8 Å². The van der Waals surface area contributed by atoms with Crippen molar-refractivity contribution >= 4 is 45.9 Å². The summed E-state index contributed by atoms with van der Waals surface area (Å²) in [6, 6.07) is 14.5. The smallest absolute Gasteiger partial charge is 0.306 e. The minimum Gasteiger partial charge on any atom is -0.461 e. The Hall–Kier alpha value is -5.14. The van der Waals surface area contributed by atoms with Gasteiger partial charge in [-0.15, -0.1) is 0 Å². The molecule has 13 heteroatoms. The summed E-state index contributed by atoms with van der Waals surface area (Å²) < 4.78 is 43.5. The van der Waals surface area contributed by atoms with E-state index in [0.29, 0.717) is 37.1 Å². The lowest BCUT2D eigenvalue weighted by Gasteiger charge is -2.62. The summed E-state index contributed by atoms with van der Waals surface area (Å²) in [6.07, 6.45) is 4.53. The molecule has 306 valence electrons. The Labute approximate surface area is 335 Å². The highest BCUT2D eigenvalue weighted by atomic mass is 19.1. The average Bonchev–Trinajstić information content (AvgIpc) is 3.55. The predicted octanol–water partition coefficient (Wildman–Crippen LogP) is 6.18. The number of allylic oxidation sites excluding steroid dienone is 4. The van der Waals surface area contributed by atoms with Crippen molar-refractivity contribution in [3.05, 3.63) is 95.9 Å². The highest BCUT2D eigenvalue weighted by Crippen LogP contribution is 2.69. The Balaban J connectivity index is 0.873. The summed E-state index contributed by atoms with van der Waals surface area (Å²) in [7, 11) is 0. The summed E-state index contributed by atoms with van der Waals surface area (Å²) in [5.41, 5.74) is 3.39. The van der Waals surface area contributed by atoms with Gasteiger partial charge in [0.15, 0.2) is 17.2 Å². The molecule has 1 heterocycles. The monoisotopic (exact) mass is 797 g/mol. The third-order valence-corrected chi connectivity index (χ3v) is 13.4.